The third-order valence-electron chi connectivity index (χ3n) is 2.55. The Morgan fingerprint density at radius 1 is 1.17 bits per heavy atom. The average molecular weight is 443 g/mol. The molecular weight excluding hydrogens is 436 g/mol. The van der Waals surface area contributed by atoms with Crippen molar-refractivity contribution >= 4 is 53.8 Å². The molecule has 0 fully saturated rings. The van der Waals surface area contributed by atoms with Gasteiger partial charge in [0, 0.05) is 0 Å². The first kappa shape index (κ1) is 15.0. The first-order valence-electron chi connectivity index (χ1n) is 5.05. The average Bonchev–Trinajstić information content (AvgIpc) is 2.65. The Balaban J connectivity index is 0.000000267. The standard InChI is InChI=1S/C12H7BrN.3ClH.Zr/c13-12-6-9-5-8-3-1-2-4-10(8)11(9)7-14-12;;;;/h1-6,11H;3*1H;/q-1;;;;+3/p-3. The van der Waals surface area contributed by atoms with Crippen LogP contribution < -0.4 is 0 Å². The van der Waals surface area contributed by atoms with E-state index in [1.54, 1.807) is 0 Å². The minimum atomic E-state index is -2.13. The molecule has 0 bridgehead atoms. The van der Waals surface area contributed by atoms with Crippen LogP contribution in [0, 0.1) is 0 Å². The quantitative estimate of drug-likeness (QED) is 0.375. The van der Waals surface area contributed by atoms with Gasteiger partial charge in [0.05, 0.1) is 0 Å². The summed E-state index contributed by atoms with van der Waals surface area (Å²) in [6, 6.07) is 8.39. The van der Waals surface area contributed by atoms with Crippen molar-refractivity contribution in [3.63, 3.8) is 0 Å². The van der Waals surface area contributed by atoms with Crippen LogP contribution in [0.5, 0.6) is 0 Å². The Morgan fingerprint density at radius 2 is 1.83 bits per heavy atom. The van der Waals surface area contributed by atoms with E-state index in [9.17, 15) is 0 Å². The molecule has 0 amide bonds. The second-order valence-corrected chi connectivity index (χ2v) is 15.6. The molecule has 18 heavy (non-hydrogen) atoms. The first-order valence-corrected chi connectivity index (χ1v) is 15.3. The summed E-state index contributed by atoms with van der Waals surface area (Å²) in [5.41, 5.74) is 3.87. The van der Waals surface area contributed by atoms with Crippen LogP contribution in [0.2, 0.25) is 0 Å². The van der Waals surface area contributed by atoms with E-state index in [1.807, 2.05) is 0 Å². The van der Waals surface area contributed by atoms with Gasteiger partial charge in [0.25, 0.3) is 0 Å². The molecule has 0 spiro atoms. The summed E-state index contributed by atoms with van der Waals surface area (Å²) in [4.78, 5) is 4.16. The molecule has 1 aliphatic carbocycles. The van der Waals surface area contributed by atoms with Crippen molar-refractivity contribution in [2.75, 3.05) is 0 Å². The van der Waals surface area contributed by atoms with Crippen molar-refractivity contribution in [3.05, 3.63) is 51.6 Å². The van der Waals surface area contributed by atoms with E-state index < -0.39 is 18.2 Å². The van der Waals surface area contributed by atoms with Crippen LogP contribution in [0.3, 0.4) is 0 Å². The fourth-order valence-corrected chi connectivity index (χ4v) is 2.28. The Bertz CT molecular complexity index is 537. The molecule has 1 unspecified atom stereocenters. The van der Waals surface area contributed by atoms with E-state index in [1.165, 1.54) is 16.7 Å². The molecule has 0 saturated heterocycles. The van der Waals surface area contributed by atoms with Crippen molar-refractivity contribution < 1.29 is 18.2 Å². The Hall–Kier alpha value is 0.603. The third-order valence-corrected chi connectivity index (χ3v) is 2.95. The predicted molar refractivity (Wildman–Crippen MR) is 79.2 cm³/mol. The zero-order valence-electron chi connectivity index (χ0n) is 9.00. The Kier molecular flexibility index (Phi) is 5.71. The summed E-state index contributed by atoms with van der Waals surface area (Å²) in [7, 11) is 15.0. The van der Waals surface area contributed by atoms with E-state index in [0.29, 0.717) is 0 Å². The second-order valence-electron chi connectivity index (χ2n) is 3.63. The topological polar surface area (TPSA) is 12.4 Å². The SMILES string of the molecule is BrC1=CC2=Cc3ccccc3C2[C-]=N1.[Cl][Zr]([Cl])[Cl]. The molecule has 0 radical (unpaired) electrons. The van der Waals surface area contributed by atoms with E-state index in [0.717, 1.165) is 4.61 Å². The maximum atomic E-state index is 5.00. The second kappa shape index (κ2) is 6.86. The molecule has 0 N–H and O–H groups in total. The molecule has 6 heteroatoms. The van der Waals surface area contributed by atoms with Gasteiger partial charge in [-0.15, -0.1) is 6.08 Å². The Morgan fingerprint density at radius 3 is 2.56 bits per heavy atom. The van der Waals surface area contributed by atoms with E-state index in [4.69, 9.17) is 25.5 Å². The molecule has 1 aromatic carbocycles. The summed E-state index contributed by atoms with van der Waals surface area (Å²) in [6.07, 6.45) is 7.38. The molecular formula is C12H7BrCl3NZr-. The van der Waals surface area contributed by atoms with E-state index >= 15 is 0 Å². The molecule has 1 aliphatic heterocycles. The number of allylic oxidation sites excluding steroid dienone is 2. The fraction of sp³-hybridized carbons (Fsp3) is 0.0833. The number of fused-ring (bicyclic) bond motifs is 3. The summed E-state index contributed by atoms with van der Waals surface area (Å²) in [6.45, 7) is 0. The number of rotatable bonds is 0. The molecule has 3 rings (SSSR count). The molecule has 0 saturated carbocycles. The normalized spacial score (nSPS) is 19.0. The zero-order chi connectivity index (χ0) is 13.1. The minimum absolute atomic E-state index is 0.243. The summed E-state index contributed by atoms with van der Waals surface area (Å²) in [5, 5.41) is 0. The van der Waals surface area contributed by atoms with E-state index in [-0.39, 0.29) is 5.92 Å². The molecule has 93 valence electrons. The van der Waals surface area contributed by atoms with Crippen LogP contribution in [-0.4, -0.2) is 6.21 Å². The van der Waals surface area contributed by atoms with Gasteiger partial charge in [-0.05, 0) is 21.7 Å². The summed E-state index contributed by atoms with van der Waals surface area (Å²) < 4.78 is 0.854. The summed E-state index contributed by atoms with van der Waals surface area (Å²) >= 11 is 1.23. The van der Waals surface area contributed by atoms with Gasteiger partial charge in [0.1, 0.15) is 0 Å². The zero-order valence-corrected chi connectivity index (χ0v) is 15.3. The maximum absolute atomic E-state index is 5.00. The van der Waals surface area contributed by atoms with Crippen LogP contribution in [0.1, 0.15) is 17.0 Å². The van der Waals surface area contributed by atoms with E-state index in [2.05, 4.69) is 63.6 Å². The van der Waals surface area contributed by atoms with Gasteiger partial charge < -0.3 is 4.99 Å². The van der Waals surface area contributed by atoms with Gasteiger partial charge in [-0.25, -0.2) is 0 Å². The molecule has 1 nitrogen and oxygen atoms in total. The number of hydrogen-bond donors (Lipinski definition) is 0. The first-order chi connectivity index (χ1) is 8.58. The Labute approximate surface area is 133 Å². The third kappa shape index (κ3) is 3.80. The van der Waals surface area contributed by atoms with Crippen LogP contribution >= 0.6 is 41.5 Å². The molecule has 1 atom stereocenters. The molecule has 0 aromatic heterocycles. The van der Waals surface area contributed by atoms with Crippen LogP contribution in [0.15, 0.2) is 45.5 Å². The summed E-state index contributed by atoms with van der Waals surface area (Å²) in [5.74, 6) is 0.243. The number of halogens is 4. The number of aliphatic imine (C=N–C) groups is 1. The van der Waals surface area contributed by atoms with Gasteiger partial charge in [0.2, 0.25) is 0 Å². The van der Waals surface area contributed by atoms with Crippen molar-refractivity contribution in [2.24, 2.45) is 4.99 Å². The molecule has 1 heterocycles. The van der Waals surface area contributed by atoms with Crippen molar-refractivity contribution in [3.8, 4) is 0 Å². The van der Waals surface area contributed by atoms with Crippen LogP contribution in [0.4, 0.5) is 0 Å². The van der Waals surface area contributed by atoms with Crippen LogP contribution in [0.25, 0.3) is 6.08 Å². The van der Waals surface area contributed by atoms with Crippen molar-refractivity contribution in [1.82, 2.24) is 0 Å². The molecule has 2 aliphatic rings. The van der Waals surface area contributed by atoms with Gasteiger partial charge >= 0.3 is 43.7 Å². The number of hydrogen-bond acceptors (Lipinski definition) is 1. The van der Waals surface area contributed by atoms with Crippen molar-refractivity contribution in [2.45, 2.75) is 5.92 Å². The predicted octanol–water partition coefficient (Wildman–Crippen LogP) is 5.43. The van der Waals surface area contributed by atoms with Gasteiger partial charge in [-0.1, -0.05) is 35.9 Å². The molecule has 1 aromatic rings. The van der Waals surface area contributed by atoms with Crippen molar-refractivity contribution in [1.29, 1.82) is 0 Å². The fourth-order valence-electron chi connectivity index (χ4n) is 1.91. The van der Waals surface area contributed by atoms with Gasteiger partial charge in [0.15, 0.2) is 0 Å². The number of benzene rings is 1. The monoisotopic (exact) mass is 439 g/mol. The van der Waals surface area contributed by atoms with Crippen LogP contribution in [-0.2, 0) is 18.2 Å². The van der Waals surface area contributed by atoms with Gasteiger partial charge in [-0.3, -0.25) is 0 Å². The number of nitrogens with zero attached hydrogens (tertiary/aromatic N) is 1. The van der Waals surface area contributed by atoms with Gasteiger partial charge in [-0.2, -0.15) is 22.1 Å².